The number of halogens is 1. The number of rotatable bonds is 11. The SMILES string of the molecule is CC[C@@H](C)NC(=O)[C@@H](C)N(Cc1cccc(Br)c1)C(=O)CN(c1cc([N+](=O)[O-])ccc1C)S(C)(=O)=O. The molecule has 2 rings (SSSR count). The van der Waals surface area contributed by atoms with Gasteiger partial charge in [0.2, 0.25) is 21.8 Å². The van der Waals surface area contributed by atoms with Gasteiger partial charge in [-0.3, -0.25) is 24.0 Å². The summed E-state index contributed by atoms with van der Waals surface area (Å²) in [5.41, 5.74) is 0.904. The van der Waals surface area contributed by atoms with E-state index < -0.39 is 33.4 Å². The fourth-order valence-corrected chi connectivity index (χ4v) is 4.80. The molecule has 0 saturated carbocycles. The minimum atomic E-state index is -4.00. The molecular formula is C24H31BrN4O6S. The number of aryl methyl sites for hydroxylation is 1. The van der Waals surface area contributed by atoms with Crippen LogP contribution in [0.5, 0.6) is 0 Å². The predicted molar refractivity (Wildman–Crippen MR) is 142 cm³/mol. The van der Waals surface area contributed by atoms with Gasteiger partial charge in [0, 0.05) is 29.2 Å². The second-order valence-electron chi connectivity index (χ2n) is 8.64. The molecule has 10 nitrogen and oxygen atoms in total. The number of anilines is 1. The highest BCUT2D eigenvalue weighted by atomic mass is 79.9. The minimum Gasteiger partial charge on any atom is -0.352 e. The molecule has 0 radical (unpaired) electrons. The first kappa shape index (κ1) is 29.2. The van der Waals surface area contributed by atoms with Gasteiger partial charge in [-0.15, -0.1) is 0 Å². The second-order valence-corrected chi connectivity index (χ2v) is 11.5. The summed E-state index contributed by atoms with van der Waals surface area (Å²) in [6.45, 7) is 6.38. The Morgan fingerprint density at radius 3 is 2.39 bits per heavy atom. The normalized spacial score (nSPS) is 12.9. The van der Waals surface area contributed by atoms with Crippen LogP contribution in [0, 0.1) is 17.0 Å². The summed E-state index contributed by atoms with van der Waals surface area (Å²) in [7, 11) is -4.00. The van der Waals surface area contributed by atoms with Gasteiger partial charge in [-0.25, -0.2) is 8.42 Å². The minimum absolute atomic E-state index is 0.0270. The summed E-state index contributed by atoms with van der Waals surface area (Å²) in [5, 5.41) is 14.1. The van der Waals surface area contributed by atoms with Crippen LogP contribution in [0.25, 0.3) is 0 Å². The van der Waals surface area contributed by atoms with Gasteiger partial charge < -0.3 is 10.2 Å². The number of nitro benzene ring substituents is 1. The van der Waals surface area contributed by atoms with E-state index in [1.54, 1.807) is 32.0 Å². The number of nitrogens with one attached hydrogen (secondary N) is 1. The fraction of sp³-hybridized carbons (Fsp3) is 0.417. The summed E-state index contributed by atoms with van der Waals surface area (Å²) in [5.74, 6) is -0.997. The molecule has 0 heterocycles. The highest BCUT2D eigenvalue weighted by molar-refractivity contribution is 9.10. The van der Waals surface area contributed by atoms with E-state index in [0.717, 1.165) is 26.7 Å². The largest absolute Gasteiger partial charge is 0.352 e. The van der Waals surface area contributed by atoms with Gasteiger partial charge >= 0.3 is 0 Å². The number of nitrogens with zero attached hydrogens (tertiary/aromatic N) is 3. The molecule has 0 aliphatic rings. The van der Waals surface area contributed by atoms with Crippen molar-refractivity contribution in [1.29, 1.82) is 0 Å². The summed E-state index contributed by atoms with van der Waals surface area (Å²) in [4.78, 5) is 38.5. The monoisotopic (exact) mass is 582 g/mol. The molecule has 0 bridgehead atoms. The first-order valence-electron chi connectivity index (χ1n) is 11.3. The highest BCUT2D eigenvalue weighted by Gasteiger charge is 2.31. The number of hydrogen-bond donors (Lipinski definition) is 1. The van der Waals surface area contributed by atoms with E-state index in [1.807, 2.05) is 19.9 Å². The first-order chi connectivity index (χ1) is 16.7. The van der Waals surface area contributed by atoms with Crippen molar-refractivity contribution in [2.45, 2.75) is 52.7 Å². The van der Waals surface area contributed by atoms with Crippen LogP contribution in [0.2, 0.25) is 0 Å². The number of benzene rings is 2. The zero-order chi connectivity index (χ0) is 27.2. The Bertz CT molecular complexity index is 1240. The number of non-ortho nitro benzene ring substituents is 1. The van der Waals surface area contributed by atoms with Crippen LogP contribution in [-0.2, 0) is 26.2 Å². The molecule has 12 heteroatoms. The molecule has 1 N–H and O–H groups in total. The van der Waals surface area contributed by atoms with Gasteiger partial charge in [0.15, 0.2) is 0 Å². The van der Waals surface area contributed by atoms with Crippen LogP contribution in [-0.4, -0.2) is 54.9 Å². The van der Waals surface area contributed by atoms with E-state index in [0.29, 0.717) is 12.0 Å². The summed E-state index contributed by atoms with van der Waals surface area (Å²) in [6, 6.07) is 10.0. The zero-order valence-corrected chi connectivity index (χ0v) is 23.3. The average molecular weight is 584 g/mol. The summed E-state index contributed by atoms with van der Waals surface area (Å²) in [6.07, 6.45) is 1.63. The molecule has 2 aromatic rings. The Morgan fingerprint density at radius 2 is 1.83 bits per heavy atom. The Labute approximate surface area is 220 Å². The molecule has 0 fully saturated rings. The Hall–Kier alpha value is -2.99. The molecular weight excluding hydrogens is 552 g/mol. The van der Waals surface area contributed by atoms with Crippen LogP contribution < -0.4 is 9.62 Å². The topological polar surface area (TPSA) is 130 Å². The average Bonchev–Trinajstić information content (AvgIpc) is 2.80. The molecule has 36 heavy (non-hydrogen) atoms. The summed E-state index contributed by atoms with van der Waals surface area (Å²) >= 11 is 3.40. The summed E-state index contributed by atoms with van der Waals surface area (Å²) < 4.78 is 27.1. The number of sulfonamides is 1. The molecule has 196 valence electrons. The van der Waals surface area contributed by atoms with E-state index in [2.05, 4.69) is 21.2 Å². The number of carbonyl (C=O) groups excluding carboxylic acids is 2. The molecule has 0 saturated heterocycles. The maximum Gasteiger partial charge on any atom is 0.271 e. The van der Waals surface area contributed by atoms with E-state index in [4.69, 9.17) is 0 Å². The van der Waals surface area contributed by atoms with E-state index in [-0.39, 0.29) is 29.9 Å². The van der Waals surface area contributed by atoms with Crippen molar-refractivity contribution < 1.29 is 22.9 Å². The van der Waals surface area contributed by atoms with Crippen molar-refractivity contribution in [2.75, 3.05) is 17.1 Å². The Morgan fingerprint density at radius 1 is 1.17 bits per heavy atom. The van der Waals surface area contributed by atoms with Crippen LogP contribution in [0.4, 0.5) is 11.4 Å². The number of hydrogen-bond acceptors (Lipinski definition) is 6. The van der Waals surface area contributed by atoms with Gasteiger partial charge in [0.25, 0.3) is 5.69 Å². The molecule has 0 aromatic heterocycles. The molecule has 2 aromatic carbocycles. The maximum atomic E-state index is 13.6. The van der Waals surface area contributed by atoms with E-state index >= 15 is 0 Å². The number of nitro groups is 1. The van der Waals surface area contributed by atoms with Crippen LogP contribution in [0.3, 0.4) is 0 Å². The van der Waals surface area contributed by atoms with E-state index in [1.165, 1.54) is 17.0 Å². The van der Waals surface area contributed by atoms with Gasteiger partial charge in [-0.2, -0.15) is 0 Å². The lowest BCUT2D eigenvalue weighted by atomic mass is 10.1. The van der Waals surface area contributed by atoms with Crippen LogP contribution in [0.15, 0.2) is 46.9 Å². The lowest BCUT2D eigenvalue weighted by molar-refractivity contribution is -0.384. The van der Waals surface area contributed by atoms with Gasteiger partial charge in [0.1, 0.15) is 12.6 Å². The smallest absolute Gasteiger partial charge is 0.271 e. The van der Waals surface area contributed by atoms with Crippen LogP contribution >= 0.6 is 15.9 Å². The van der Waals surface area contributed by atoms with Gasteiger partial charge in [-0.1, -0.05) is 41.1 Å². The van der Waals surface area contributed by atoms with Gasteiger partial charge in [-0.05, 0) is 50.5 Å². The van der Waals surface area contributed by atoms with Crippen molar-refractivity contribution in [1.82, 2.24) is 10.2 Å². The van der Waals surface area contributed by atoms with Crippen molar-refractivity contribution in [3.05, 3.63) is 68.2 Å². The quantitative estimate of drug-likeness (QED) is 0.317. The Kier molecular flexibility index (Phi) is 10.00. The van der Waals surface area contributed by atoms with E-state index in [9.17, 15) is 28.1 Å². The molecule has 0 aliphatic carbocycles. The van der Waals surface area contributed by atoms with Crippen molar-refractivity contribution in [3.8, 4) is 0 Å². The highest BCUT2D eigenvalue weighted by Crippen LogP contribution is 2.28. The number of amides is 2. The van der Waals surface area contributed by atoms with Crippen molar-refractivity contribution in [3.63, 3.8) is 0 Å². The standard InChI is InChI=1S/C24H31BrN4O6S/c1-6-17(3)26-24(31)18(4)27(14-19-8-7-9-20(25)12-19)23(30)15-28(36(5,34)35)22-13-21(29(32)33)11-10-16(22)2/h7-13,17-18H,6,14-15H2,1-5H3,(H,26,31)/t17-,18-/m1/s1. The maximum absolute atomic E-state index is 13.6. The molecule has 2 amide bonds. The second kappa shape index (κ2) is 12.3. The first-order valence-corrected chi connectivity index (χ1v) is 14.0. The lowest BCUT2D eigenvalue weighted by Crippen LogP contribution is -2.52. The zero-order valence-electron chi connectivity index (χ0n) is 20.9. The molecule has 0 aliphatic heterocycles. The van der Waals surface area contributed by atoms with Gasteiger partial charge in [0.05, 0.1) is 16.9 Å². The fourth-order valence-electron chi connectivity index (χ4n) is 3.45. The molecule has 2 atom stereocenters. The third kappa shape index (κ3) is 7.76. The van der Waals surface area contributed by atoms with Crippen molar-refractivity contribution >= 4 is 49.1 Å². The van der Waals surface area contributed by atoms with Crippen molar-refractivity contribution in [2.24, 2.45) is 0 Å². The molecule has 0 spiro atoms. The molecule has 0 unspecified atom stereocenters. The van der Waals surface area contributed by atoms with Crippen LogP contribution in [0.1, 0.15) is 38.3 Å². The number of carbonyl (C=O) groups is 2. The predicted octanol–water partition coefficient (Wildman–Crippen LogP) is 3.76. The Balaban J connectivity index is 2.48. The lowest BCUT2D eigenvalue weighted by Gasteiger charge is -2.32. The third-order valence-electron chi connectivity index (χ3n) is 5.76. The third-order valence-corrected chi connectivity index (χ3v) is 7.38.